The van der Waals surface area contributed by atoms with Crippen LogP contribution in [0.2, 0.25) is 0 Å². The average molecular weight is 1380 g/mol. The second kappa shape index (κ2) is 37.4. The maximum absolute atomic E-state index is 15.0. The lowest BCUT2D eigenvalue weighted by molar-refractivity contribution is -0.136. The zero-order chi connectivity index (χ0) is 73.3. The number of hydrogen-bond acceptors (Lipinski definition) is 19. The van der Waals surface area contributed by atoms with Gasteiger partial charge in [-0.15, -0.1) is 0 Å². The maximum atomic E-state index is 15.0. The molecule has 2 aromatic carbocycles. The predicted molar refractivity (Wildman–Crippen MR) is 354 cm³/mol. The van der Waals surface area contributed by atoms with Crippen molar-refractivity contribution >= 4 is 77.5 Å². The monoisotopic (exact) mass is 1380 g/mol. The van der Waals surface area contributed by atoms with E-state index in [1.165, 1.54) is 6.92 Å². The average Bonchev–Trinajstić information content (AvgIpc) is 1.62. The number of carbonyl (C=O) groups is 13. The van der Waals surface area contributed by atoms with Gasteiger partial charge >= 0.3 is 24.4 Å². The molecule has 0 unspecified atom stereocenters. The number of hydrogen-bond donors (Lipinski definition) is 15. The number of aliphatic hydroxyl groups is 2. The topological polar surface area (TPSA) is 456 Å². The van der Waals surface area contributed by atoms with Crippen LogP contribution in [0.3, 0.4) is 0 Å². The van der Waals surface area contributed by atoms with Crippen LogP contribution in [-0.2, 0) is 75.1 Å². The smallest absolute Gasteiger partial charge is 0.408 e. The summed E-state index contributed by atoms with van der Waals surface area (Å²) >= 11 is 0. The van der Waals surface area contributed by atoms with Crippen molar-refractivity contribution in [3.63, 3.8) is 0 Å². The minimum absolute atomic E-state index is 0.0210. The van der Waals surface area contributed by atoms with Gasteiger partial charge in [0.25, 0.3) is 0 Å². The van der Waals surface area contributed by atoms with Gasteiger partial charge in [-0.1, -0.05) is 74.5 Å². The standard InChI is InChI=1S/C66H101N13O19/c1-37(2)34-46-54(86)73-42(25-31-68-59(91)96-63(5,6)7)50(82)72-44(27-33-70-61(93)98-65(11,12)13)53(85)77-48(38(3)80)56(88)67-30-24-45(76-58(90)66(28-29-66)79-57(89)49(39(4)81)78-62(94)95-36-41-22-18-15-19-23-41)52(84)71-43(26-32-69-60(92)97-64(8,9)10)51(83)75-47(55(87)74-46)35-40-20-16-14-17-21-40/h14-23,37-39,42-49,80-81H,24-36H2,1-13H3,(H,67,88)(H,68,91)(H,69,92)(H,70,93)(H,71,84)(H,72,82)(H,73,86)(H,74,87)(H,75,83)(H,76,90)(H,77,85)(H,78,94)(H,79,89)/t38-,39-,42+,43+,44+,45+,46+,47-,48+,49+/m1/s1. The van der Waals surface area contributed by atoms with E-state index in [9.17, 15) is 72.5 Å². The van der Waals surface area contributed by atoms with Gasteiger partial charge in [0.05, 0.1) is 12.2 Å². The molecule has 32 nitrogen and oxygen atoms in total. The number of alkyl carbamates (subject to hydrolysis) is 4. The molecule has 0 spiro atoms. The molecule has 1 aliphatic heterocycles. The van der Waals surface area contributed by atoms with Gasteiger partial charge in [0.1, 0.15) is 77.3 Å². The van der Waals surface area contributed by atoms with Crippen molar-refractivity contribution in [1.29, 1.82) is 0 Å². The SMILES string of the molecule is CC(C)C[C@@H]1NC(=O)[C@@H](Cc2ccccc2)NC(=O)[C@H](CCNC(=O)OC(C)(C)C)NC(=O)[C@@H](NC(=O)C2(NC(=O)[C@@H](NC(=O)OCc3ccccc3)[C@@H](C)O)CC2)CCNC(=O)[C@H]([C@@H](C)O)NC(=O)[C@H](CCNC(=O)OC(C)(C)C)NC(=O)[C@H](CCNC(=O)OC(C)(C)C)NC1=O. The van der Waals surface area contributed by atoms with E-state index in [4.69, 9.17) is 18.9 Å². The van der Waals surface area contributed by atoms with Crippen LogP contribution in [0, 0.1) is 5.92 Å². The second-order valence-corrected chi connectivity index (χ2v) is 27.6. The van der Waals surface area contributed by atoms with Crippen molar-refractivity contribution < 1.29 is 91.5 Å². The number of benzene rings is 2. The summed E-state index contributed by atoms with van der Waals surface area (Å²) in [5, 5.41) is 54.9. The minimum atomic E-state index is -1.83. The minimum Gasteiger partial charge on any atom is -0.445 e. The van der Waals surface area contributed by atoms with Crippen LogP contribution in [-0.4, -0.2) is 197 Å². The largest absolute Gasteiger partial charge is 0.445 e. The van der Waals surface area contributed by atoms with Gasteiger partial charge in [-0.3, -0.25) is 43.2 Å². The Bertz CT molecular complexity index is 3070. The van der Waals surface area contributed by atoms with Gasteiger partial charge in [-0.25, -0.2) is 19.2 Å². The Morgan fingerprint density at radius 3 is 1.37 bits per heavy atom. The molecular formula is C66H101N13O19. The van der Waals surface area contributed by atoms with Crippen LogP contribution < -0.4 is 69.1 Å². The number of aliphatic hydroxyl groups excluding tert-OH is 2. The lowest BCUT2D eigenvalue weighted by Gasteiger charge is -2.29. The molecule has 0 radical (unpaired) electrons. The summed E-state index contributed by atoms with van der Waals surface area (Å²) < 4.78 is 21.4. The Balaban J connectivity index is 1.85. The molecular weight excluding hydrogens is 1280 g/mol. The maximum Gasteiger partial charge on any atom is 0.408 e. The molecule has 2 aliphatic rings. The number of nitrogens with one attached hydrogen (secondary N) is 13. The molecule has 10 atom stereocenters. The van der Waals surface area contributed by atoms with E-state index in [2.05, 4.69) is 69.1 Å². The molecule has 4 rings (SSSR count). The van der Waals surface area contributed by atoms with Gasteiger partial charge in [-0.2, -0.15) is 0 Å². The molecule has 1 saturated carbocycles. The number of rotatable bonds is 22. The van der Waals surface area contributed by atoms with Crippen LogP contribution in [0.4, 0.5) is 19.2 Å². The third-order valence-corrected chi connectivity index (χ3v) is 14.7. The normalized spacial score (nSPS) is 21.7. The van der Waals surface area contributed by atoms with Crippen LogP contribution in [0.1, 0.15) is 146 Å². The lowest BCUT2D eigenvalue weighted by Crippen LogP contribution is -2.62. The van der Waals surface area contributed by atoms with Gasteiger partial charge in [0.2, 0.25) is 53.2 Å². The van der Waals surface area contributed by atoms with Crippen molar-refractivity contribution in [2.45, 2.75) is 231 Å². The molecule has 1 saturated heterocycles. The Morgan fingerprint density at radius 1 is 0.531 bits per heavy atom. The zero-order valence-corrected chi connectivity index (χ0v) is 58.2. The number of ether oxygens (including phenoxy) is 4. The number of amides is 13. The van der Waals surface area contributed by atoms with Gasteiger partial charge in [0, 0.05) is 32.6 Å². The molecule has 0 bridgehead atoms. The summed E-state index contributed by atoms with van der Waals surface area (Å²) in [6.45, 7) is 18.7. The fourth-order valence-electron chi connectivity index (χ4n) is 9.65. The Labute approximate surface area is 570 Å². The molecule has 2 fully saturated rings. The first kappa shape index (κ1) is 81.1. The van der Waals surface area contributed by atoms with Gasteiger partial charge in [0.15, 0.2) is 0 Å². The molecule has 544 valence electrons. The fraction of sp³-hybridized carbons (Fsp3) is 0.621. The quantitative estimate of drug-likeness (QED) is 0.0719. The van der Waals surface area contributed by atoms with E-state index in [-0.39, 0.29) is 64.3 Å². The highest BCUT2D eigenvalue weighted by Crippen LogP contribution is 2.36. The van der Waals surface area contributed by atoms with E-state index >= 15 is 0 Å². The molecule has 15 N–H and O–H groups in total. The molecule has 1 heterocycles. The third kappa shape index (κ3) is 29.6. The highest BCUT2D eigenvalue weighted by molar-refractivity contribution is 6.00. The van der Waals surface area contributed by atoms with E-state index in [0.29, 0.717) is 11.1 Å². The van der Waals surface area contributed by atoms with Crippen LogP contribution in [0.5, 0.6) is 0 Å². The van der Waals surface area contributed by atoms with Crippen molar-refractivity contribution in [3.8, 4) is 0 Å². The van der Waals surface area contributed by atoms with Crippen LogP contribution >= 0.6 is 0 Å². The summed E-state index contributed by atoms with van der Waals surface area (Å²) in [5.41, 5.74) is -3.48. The fourth-order valence-corrected chi connectivity index (χ4v) is 9.65. The van der Waals surface area contributed by atoms with Crippen molar-refractivity contribution in [2.24, 2.45) is 5.92 Å². The highest BCUT2D eigenvalue weighted by Gasteiger charge is 2.53. The Morgan fingerprint density at radius 2 is 0.939 bits per heavy atom. The molecule has 0 aromatic heterocycles. The molecule has 13 amide bonds. The lowest BCUT2D eigenvalue weighted by atomic mass is 10.00. The predicted octanol–water partition coefficient (Wildman–Crippen LogP) is 0.638. The summed E-state index contributed by atoms with van der Waals surface area (Å²) in [7, 11) is 0. The summed E-state index contributed by atoms with van der Waals surface area (Å²) in [6, 6.07) is 3.74. The first-order chi connectivity index (χ1) is 45.7. The van der Waals surface area contributed by atoms with E-state index in [1.54, 1.807) is 137 Å². The van der Waals surface area contributed by atoms with Crippen LogP contribution in [0.15, 0.2) is 60.7 Å². The van der Waals surface area contributed by atoms with Crippen molar-refractivity contribution in [2.75, 3.05) is 26.2 Å². The highest BCUT2D eigenvalue weighted by atomic mass is 16.6. The molecule has 32 heteroatoms. The van der Waals surface area contributed by atoms with E-state index < -0.39 is 186 Å². The van der Waals surface area contributed by atoms with Gasteiger partial charge < -0.3 is 98.3 Å². The van der Waals surface area contributed by atoms with Gasteiger partial charge in [-0.05, 0) is 138 Å². The first-order valence-corrected chi connectivity index (χ1v) is 32.7. The van der Waals surface area contributed by atoms with E-state index in [0.717, 1.165) is 6.92 Å². The zero-order valence-electron chi connectivity index (χ0n) is 58.2. The first-order valence-electron chi connectivity index (χ1n) is 32.7. The second-order valence-electron chi connectivity index (χ2n) is 27.6. The summed E-state index contributed by atoms with van der Waals surface area (Å²) in [4.78, 5) is 183. The third-order valence-electron chi connectivity index (χ3n) is 14.7. The van der Waals surface area contributed by atoms with Crippen molar-refractivity contribution in [1.82, 2.24) is 69.1 Å². The molecule has 98 heavy (non-hydrogen) atoms. The molecule has 2 aromatic rings. The van der Waals surface area contributed by atoms with Crippen LogP contribution in [0.25, 0.3) is 0 Å². The molecule has 1 aliphatic carbocycles. The Kier molecular flexibility index (Phi) is 31.0. The van der Waals surface area contributed by atoms with E-state index in [1.807, 2.05) is 0 Å². The number of carbonyl (C=O) groups excluding carboxylic acids is 13. The summed E-state index contributed by atoms with van der Waals surface area (Å²) in [5.74, 6) is -9.51. The van der Waals surface area contributed by atoms with Crippen molar-refractivity contribution in [3.05, 3.63) is 71.8 Å². The summed E-state index contributed by atoms with van der Waals surface area (Å²) in [6.07, 6.45) is -9.03. The Hall–Kier alpha value is -9.33.